The molecule has 2 fully saturated rings. The topological polar surface area (TPSA) is 85.5 Å². The van der Waals surface area contributed by atoms with Crippen molar-refractivity contribution in [1.82, 2.24) is 9.88 Å². The first kappa shape index (κ1) is 22.1. The van der Waals surface area contributed by atoms with Crippen LogP contribution in [0.3, 0.4) is 0 Å². The van der Waals surface area contributed by atoms with Crippen LogP contribution >= 0.6 is 0 Å². The van der Waals surface area contributed by atoms with Crippen LogP contribution in [0.2, 0.25) is 0 Å². The van der Waals surface area contributed by atoms with Crippen LogP contribution in [-0.2, 0) is 10.2 Å². The molecule has 2 amide bonds. The third-order valence-corrected chi connectivity index (χ3v) is 6.80. The second kappa shape index (κ2) is 9.15. The van der Waals surface area contributed by atoms with E-state index < -0.39 is 6.09 Å². The number of hydrogen-bond acceptors (Lipinski definition) is 4. The van der Waals surface area contributed by atoms with Crippen LogP contribution in [0.4, 0.5) is 4.79 Å². The van der Waals surface area contributed by atoms with Crippen LogP contribution in [0.25, 0.3) is 5.57 Å². The minimum atomic E-state index is -0.768. The second-order valence-corrected chi connectivity index (χ2v) is 9.14. The van der Waals surface area contributed by atoms with Gasteiger partial charge in [0.05, 0.1) is 0 Å². The van der Waals surface area contributed by atoms with Gasteiger partial charge in [0, 0.05) is 35.0 Å². The van der Waals surface area contributed by atoms with Crippen molar-refractivity contribution in [3.8, 4) is 0 Å². The third kappa shape index (κ3) is 4.69. The Morgan fingerprint density at radius 2 is 1.69 bits per heavy atom. The van der Waals surface area contributed by atoms with E-state index >= 15 is 0 Å². The van der Waals surface area contributed by atoms with Gasteiger partial charge in [0.15, 0.2) is 0 Å². The zero-order chi connectivity index (χ0) is 22.7. The van der Waals surface area contributed by atoms with Gasteiger partial charge >= 0.3 is 6.09 Å². The van der Waals surface area contributed by atoms with Crippen LogP contribution in [-0.4, -0.2) is 40.6 Å². The Kier molecular flexibility index (Phi) is 6.31. The summed E-state index contributed by atoms with van der Waals surface area (Å²) >= 11 is 0. The Morgan fingerprint density at radius 3 is 2.22 bits per heavy atom. The molecule has 1 heterocycles. The number of hydrogen-bond donors (Lipinski definition) is 1. The molecule has 1 aromatic carbocycles. The fourth-order valence-electron chi connectivity index (χ4n) is 4.82. The summed E-state index contributed by atoms with van der Waals surface area (Å²) in [7, 11) is 0. The Balaban J connectivity index is 1.51. The predicted molar refractivity (Wildman–Crippen MR) is 124 cm³/mol. The zero-order valence-electron chi connectivity index (χ0n) is 18.6. The molecule has 0 atom stereocenters. The fraction of sp³-hybridized carbons (Fsp3) is 0.423. The van der Waals surface area contributed by atoms with Crippen LogP contribution in [0, 0.1) is 0 Å². The standard InChI is InChI=1S/C26H31N3O3/c1-18(2)19-6-8-20(9-7-19)24(30)29(21-10-11-21)22-12-14-26(15-13-22,17-32-25(27)31)23-5-3-4-16-28-23/h3-9,16,21-22H,1,10-15,17H2,2H3,(H2,27,31)/t22-,26-. The first-order valence-electron chi connectivity index (χ1n) is 11.3. The number of carbonyl (C=O) groups is 2. The number of rotatable bonds is 7. The molecule has 1 aromatic heterocycles. The minimum absolute atomic E-state index is 0.101. The number of carbonyl (C=O) groups excluding carboxylic acids is 2. The number of nitrogens with two attached hydrogens (primary N) is 1. The van der Waals surface area contributed by atoms with Gasteiger partial charge in [-0.05, 0) is 75.3 Å². The summed E-state index contributed by atoms with van der Waals surface area (Å²) in [5.74, 6) is 0.101. The molecule has 2 saturated carbocycles. The van der Waals surface area contributed by atoms with Crippen molar-refractivity contribution in [2.75, 3.05) is 6.61 Å². The van der Waals surface area contributed by atoms with Crippen LogP contribution < -0.4 is 5.73 Å². The summed E-state index contributed by atoms with van der Waals surface area (Å²) in [5.41, 5.74) is 8.57. The highest BCUT2D eigenvalue weighted by atomic mass is 16.5. The van der Waals surface area contributed by atoms with Gasteiger partial charge in [0.25, 0.3) is 5.91 Å². The molecule has 0 bridgehead atoms. The van der Waals surface area contributed by atoms with Crippen molar-refractivity contribution >= 4 is 17.6 Å². The lowest BCUT2D eigenvalue weighted by atomic mass is 9.70. The number of pyridine rings is 1. The maximum atomic E-state index is 13.5. The lowest BCUT2D eigenvalue weighted by molar-refractivity contribution is 0.0489. The monoisotopic (exact) mass is 433 g/mol. The molecule has 6 nitrogen and oxygen atoms in total. The molecule has 0 spiro atoms. The Labute approximate surface area is 189 Å². The van der Waals surface area contributed by atoms with E-state index in [4.69, 9.17) is 10.5 Å². The molecular weight excluding hydrogens is 402 g/mol. The summed E-state index contributed by atoms with van der Waals surface area (Å²) in [6.07, 6.45) is 6.36. The number of amides is 2. The van der Waals surface area contributed by atoms with Gasteiger partial charge < -0.3 is 15.4 Å². The average Bonchev–Trinajstić information content (AvgIpc) is 3.64. The van der Waals surface area contributed by atoms with Gasteiger partial charge in [-0.3, -0.25) is 9.78 Å². The molecule has 168 valence electrons. The quantitative estimate of drug-likeness (QED) is 0.686. The zero-order valence-corrected chi connectivity index (χ0v) is 18.6. The van der Waals surface area contributed by atoms with Crippen molar-refractivity contribution in [3.05, 3.63) is 72.1 Å². The highest BCUT2D eigenvalue weighted by molar-refractivity contribution is 5.95. The average molecular weight is 434 g/mol. The number of ether oxygens (including phenoxy) is 1. The van der Waals surface area contributed by atoms with E-state index in [0.717, 1.165) is 60.9 Å². The van der Waals surface area contributed by atoms with Crippen molar-refractivity contribution < 1.29 is 14.3 Å². The first-order chi connectivity index (χ1) is 15.4. The minimum Gasteiger partial charge on any atom is -0.449 e. The Bertz CT molecular complexity index is 975. The van der Waals surface area contributed by atoms with E-state index in [2.05, 4.69) is 16.5 Å². The van der Waals surface area contributed by atoms with Crippen molar-refractivity contribution in [2.45, 2.75) is 62.9 Å². The molecule has 2 N–H and O–H groups in total. The number of allylic oxidation sites excluding steroid dienone is 1. The molecular formula is C26H31N3O3. The smallest absolute Gasteiger partial charge is 0.404 e. The van der Waals surface area contributed by atoms with E-state index in [1.165, 1.54) is 0 Å². The molecule has 0 radical (unpaired) electrons. The van der Waals surface area contributed by atoms with Gasteiger partial charge in [-0.25, -0.2) is 4.79 Å². The molecule has 0 unspecified atom stereocenters. The molecule has 0 aliphatic heterocycles. The molecule has 32 heavy (non-hydrogen) atoms. The normalized spacial score (nSPS) is 22.7. The van der Waals surface area contributed by atoms with Crippen molar-refractivity contribution in [1.29, 1.82) is 0 Å². The van der Waals surface area contributed by atoms with Crippen LogP contribution in [0.15, 0.2) is 55.2 Å². The van der Waals surface area contributed by atoms with E-state index in [1.807, 2.05) is 49.4 Å². The second-order valence-electron chi connectivity index (χ2n) is 9.14. The molecule has 4 rings (SSSR count). The van der Waals surface area contributed by atoms with Gasteiger partial charge in [0.1, 0.15) is 6.61 Å². The SMILES string of the molecule is C=C(C)c1ccc(C(=O)N(C2CC2)[C@H]2CC[C@](COC(N)=O)(c3ccccn3)CC2)cc1. The Hall–Kier alpha value is -3.15. The Morgan fingerprint density at radius 1 is 1.06 bits per heavy atom. The maximum absolute atomic E-state index is 13.5. The third-order valence-electron chi connectivity index (χ3n) is 6.80. The van der Waals surface area contributed by atoms with E-state index in [9.17, 15) is 9.59 Å². The van der Waals surface area contributed by atoms with E-state index in [-0.39, 0.29) is 24.0 Å². The van der Waals surface area contributed by atoms with Gasteiger partial charge in [-0.2, -0.15) is 0 Å². The van der Waals surface area contributed by atoms with Crippen molar-refractivity contribution in [2.24, 2.45) is 5.73 Å². The number of aromatic nitrogens is 1. The first-order valence-corrected chi connectivity index (χ1v) is 11.3. The molecule has 2 aliphatic carbocycles. The maximum Gasteiger partial charge on any atom is 0.404 e. The number of benzene rings is 1. The molecule has 0 saturated heterocycles. The molecule has 6 heteroatoms. The van der Waals surface area contributed by atoms with E-state index in [1.54, 1.807) is 6.20 Å². The summed E-state index contributed by atoms with van der Waals surface area (Å²) in [6.45, 7) is 6.15. The summed E-state index contributed by atoms with van der Waals surface area (Å²) < 4.78 is 5.25. The van der Waals surface area contributed by atoms with Gasteiger partial charge in [-0.15, -0.1) is 0 Å². The van der Waals surface area contributed by atoms with Crippen LogP contribution in [0.5, 0.6) is 0 Å². The highest BCUT2D eigenvalue weighted by Gasteiger charge is 2.44. The fourth-order valence-corrected chi connectivity index (χ4v) is 4.82. The summed E-state index contributed by atoms with van der Waals surface area (Å²) in [4.78, 5) is 31.4. The van der Waals surface area contributed by atoms with Gasteiger partial charge in [0.2, 0.25) is 0 Å². The van der Waals surface area contributed by atoms with Crippen LogP contribution in [0.1, 0.15) is 67.1 Å². The van der Waals surface area contributed by atoms with E-state index in [0.29, 0.717) is 6.04 Å². The molecule has 2 aromatic rings. The largest absolute Gasteiger partial charge is 0.449 e. The molecule has 2 aliphatic rings. The predicted octanol–water partition coefficient (Wildman–Crippen LogP) is 4.70. The number of primary amides is 1. The lowest BCUT2D eigenvalue weighted by Gasteiger charge is -2.43. The summed E-state index contributed by atoms with van der Waals surface area (Å²) in [5, 5.41) is 0. The highest BCUT2D eigenvalue weighted by Crippen LogP contribution is 2.43. The number of nitrogens with zero attached hydrogens (tertiary/aromatic N) is 2. The summed E-state index contributed by atoms with van der Waals surface area (Å²) in [6, 6.07) is 14.0. The lowest BCUT2D eigenvalue weighted by Crippen LogP contribution is -2.48. The van der Waals surface area contributed by atoms with Gasteiger partial charge in [-0.1, -0.05) is 30.4 Å². The van der Waals surface area contributed by atoms with Crippen molar-refractivity contribution in [3.63, 3.8) is 0 Å².